The molecule has 1 heterocycles. The summed E-state index contributed by atoms with van der Waals surface area (Å²) in [5.41, 5.74) is 2.57. The van der Waals surface area contributed by atoms with E-state index < -0.39 is 0 Å². The molecule has 1 unspecified atom stereocenters. The third kappa shape index (κ3) is 3.59. The average Bonchev–Trinajstić information content (AvgIpc) is 2.84. The quantitative estimate of drug-likeness (QED) is 0.692. The molecule has 0 radical (unpaired) electrons. The lowest BCUT2D eigenvalue weighted by Gasteiger charge is -2.03. The van der Waals surface area contributed by atoms with Gasteiger partial charge in [0.05, 0.1) is 11.4 Å². The Morgan fingerprint density at radius 1 is 1.39 bits per heavy atom. The highest BCUT2D eigenvalue weighted by molar-refractivity contribution is 7.98. The Labute approximate surface area is 118 Å². The number of aryl methyl sites for hydroxylation is 1. The van der Waals surface area contributed by atoms with Crippen LogP contribution in [0, 0.1) is 6.92 Å². The van der Waals surface area contributed by atoms with Crippen LogP contribution in [0.5, 0.6) is 0 Å². The number of nitrogens with zero attached hydrogens (tertiary/aromatic N) is 1. The molecule has 0 fully saturated rings. The van der Waals surface area contributed by atoms with Gasteiger partial charge in [0.1, 0.15) is 5.01 Å². The minimum atomic E-state index is 0.582. The number of aromatic nitrogens is 1. The van der Waals surface area contributed by atoms with Crippen LogP contribution in [0.4, 0.5) is 0 Å². The van der Waals surface area contributed by atoms with E-state index in [1.807, 2.05) is 11.8 Å². The van der Waals surface area contributed by atoms with Crippen molar-refractivity contribution >= 4 is 23.1 Å². The standard InChI is InChI=1S/C15H19NS2/c1-4-12(3)14-9-18-15(16-14)10-17-13-7-5-6-11(2)8-13/h5-9,12H,4,10H2,1-3H3. The molecule has 0 bridgehead atoms. The lowest BCUT2D eigenvalue weighted by atomic mass is 10.1. The zero-order valence-corrected chi connectivity index (χ0v) is 12.8. The predicted molar refractivity (Wildman–Crippen MR) is 81.6 cm³/mol. The lowest BCUT2D eigenvalue weighted by molar-refractivity contribution is 0.711. The summed E-state index contributed by atoms with van der Waals surface area (Å²) in [6.45, 7) is 6.59. The van der Waals surface area contributed by atoms with Gasteiger partial charge in [0.2, 0.25) is 0 Å². The Morgan fingerprint density at radius 2 is 2.22 bits per heavy atom. The highest BCUT2D eigenvalue weighted by atomic mass is 32.2. The molecule has 0 saturated carbocycles. The minimum Gasteiger partial charge on any atom is -0.245 e. The van der Waals surface area contributed by atoms with E-state index in [9.17, 15) is 0 Å². The van der Waals surface area contributed by atoms with Crippen molar-refractivity contribution in [2.24, 2.45) is 0 Å². The molecule has 0 saturated heterocycles. The molecule has 1 aromatic heterocycles. The van der Waals surface area contributed by atoms with E-state index in [0.717, 1.165) is 12.2 Å². The van der Waals surface area contributed by atoms with E-state index in [4.69, 9.17) is 4.98 Å². The Balaban J connectivity index is 1.96. The van der Waals surface area contributed by atoms with E-state index in [-0.39, 0.29) is 0 Å². The molecule has 18 heavy (non-hydrogen) atoms. The fourth-order valence-electron chi connectivity index (χ4n) is 1.68. The fourth-order valence-corrected chi connectivity index (χ4v) is 3.62. The zero-order chi connectivity index (χ0) is 13.0. The van der Waals surface area contributed by atoms with Crippen molar-refractivity contribution in [3.8, 4) is 0 Å². The highest BCUT2D eigenvalue weighted by Crippen LogP contribution is 2.27. The first-order valence-corrected chi connectivity index (χ1v) is 8.19. The summed E-state index contributed by atoms with van der Waals surface area (Å²) < 4.78 is 0. The monoisotopic (exact) mass is 277 g/mol. The van der Waals surface area contributed by atoms with Gasteiger partial charge in [-0.1, -0.05) is 31.5 Å². The Bertz CT molecular complexity index is 505. The molecule has 0 spiro atoms. The summed E-state index contributed by atoms with van der Waals surface area (Å²) in [5.74, 6) is 1.56. The van der Waals surface area contributed by atoms with Crippen LogP contribution in [0.1, 0.15) is 42.5 Å². The van der Waals surface area contributed by atoms with Crippen molar-refractivity contribution in [2.45, 2.75) is 43.8 Å². The SMILES string of the molecule is CCC(C)c1csc(CSc2cccc(C)c2)n1. The molecule has 0 amide bonds. The Hall–Kier alpha value is -0.800. The molecule has 0 aliphatic carbocycles. The number of hydrogen-bond acceptors (Lipinski definition) is 3. The summed E-state index contributed by atoms with van der Waals surface area (Å²) in [7, 11) is 0. The largest absolute Gasteiger partial charge is 0.245 e. The summed E-state index contributed by atoms with van der Waals surface area (Å²) in [6, 6.07) is 8.65. The number of rotatable bonds is 5. The van der Waals surface area contributed by atoms with E-state index in [0.29, 0.717) is 5.92 Å². The molecule has 2 aromatic rings. The van der Waals surface area contributed by atoms with Crippen LogP contribution >= 0.6 is 23.1 Å². The van der Waals surface area contributed by atoms with Crippen molar-refractivity contribution in [1.29, 1.82) is 0 Å². The smallest absolute Gasteiger partial charge is 0.103 e. The van der Waals surface area contributed by atoms with Gasteiger partial charge in [-0.3, -0.25) is 0 Å². The molecule has 2 rings (SSSR count). The van der Waals surface area contributed by atoms with Gasteiger partial charge in [0.15, 0.2) is 0 Å². The molecule has 0 aliphatic heterocycles. The third-order valence-corrected chi connectivity index (χ3v) is 5.09. The normalized spacial score (nSPS) is 12.6. The number of thioether (sulfide) groups is 1. The molecule has 1 aromatic carbocycles. The highest BCUT2D eigenvalue weighted by Gasteiger charge is 2.08. The second kappa shape index (κ2) is 6.39. The topological polar surface area (TPSA) is 12.9 Å². The maximum absolute atomic E-state index is 4.72. The van der Waals surface area contributed by atoms with Gasteiger partial charge in [-0.15, -0.1) is 23.1 Å². The predicted octanol–water partition coefficient (Wildman–Crippen LogP) is 5.26. The molecule has 96 valence electrons. The van der Waals surface area contributed by atoms with Crippen LogP contribution in [0.3, 0.4) is 0 Å². The van der Waals surface area contributed by atoms with E-state index in [2.05, 4.69) is 50.4 Å². The molecular formula is C15H19NS2. The summed E-state index contributed by atoms with van der Waals surface area (Å²) in [5, 5.41) is 3.44. The van der Waals surface area contributed by atoms with Crippen LogP contribution in [-0.2, 0) is 5.75 Å². The van der Waals surface area contributed by atoms with Crippen LogP contribution in [0.2, 0.25) is 0 Å². The number of thiazole rings is 1. The van der Waals surface area contributed by atoms with Gasteiger partial charge < -0.3 is 0 Å². The second-order valence-electron chi connectivity index (χ2n) is 4.58. The van der Waals surface area contributed by atoms with Crippen molar-refractivity contribution < 1.29 is 0 Å². The molecule has 3 heteroatoms. The Kier molecular flexibility index (Phi) is 4.84. The van der Waals surface area contributed by atoms with Gasteiger partial charge in [-0.2, -0.15) is 0 Å². The molecule has 0 aliphatic rings. The second-order valence-corrected chi connectivity index (χ2v) is 6.57. The molecular weight excluding hydrogens is 258 g/mol. The maximum atomic E-state index is 4.72. The average molecular weight is 277 g/mol. The van der Waals surface area contributed by atoms with Crippen LogP contribution < -0.4 is 0 Å². The fraction of sp³-hybridized carbons (Fsp3) is 0.400. The Morgan fingerprint density at radius 3 is 2.94 bits per heavy atom. The van der Waals surface area contributed by atoms with Gasteiger partial charge in [-0.05, 0) is 31.4 Å². The molecule has 1 nitrogen and oxygen atoms in total. The number of hydrogen-bond donors (Lipinski definition) is 0. The third-order valence-electron chi connectivity index (χ3n) is 3.04. The van der Waals surface area contributed by atoms with Gasteiger partial charge >= 0.3 is 0 Å². The van der Waals surface area contributed by atoms with Crippen molar-refractivity contribution in [3.05, 3.63) is 45.9 Å². The van der Waals surface area contributed by atoms with Crippen LogP contribution in [-0.4, -0.2) is 4.98 Å². The van der Waals surface area contributed by atoms with Crippen LogP contribution in [0.15, 0.2) is 34.5 Å². The van der Waals surface area contributed by atoms with Crippen molar-refractivity contribution in [2.75, 3.05) is 0 Å². The van der Waals surface area contributed by atoms with Crippen molar-refractivity contribution in [3.63, 3.8) is 0 Å². The first-order chi connectivity index (χ1) is 8.69. The summed E-state index contributed by atoms with van der Waals surface area (Å²) in [4.78, 5) is 6.05. The minimum absolute atomic E-state index is 0.582. The number of benzene rings is 1. The van der Waals surface area contributed by atoms with Crippen molar-refractivity contribution in [1.82, 2.24) is 4.98 Å². The maximum Gasteiger partial charge on any atom is 0.103 e. The van der Waals surface area contributed by atoms with E-state index in [1.165, 1.54) is 21.2 Å². The van der Waals surface area contributed by atoms with E-state index in [1.54, 1.807) is 11.3 Å². The zero-order valence-electron chi connectivity index (χ0n) is 11.1. The first kappa shape index (κ1) is 13.6. The first-order valence-electron chi connectivity index (χ1n) is 6.32. The summed E-state index contributed by atoms with van der Waals surface area (Å²) >= 11 is 3.65. The van der Waals surface area contributed by atoms with E-state index >= 15 is 0 Å². The van der Waals surface area contributed by atoms with Gasteiger partial charge in [0.25, 0.3) is 0 Å². The molecule has 1 atom stereocenters. The van der Waals surface area contributed by atoms with Gasteiger partial charge in [-0.25, -0.2) is 4.98 Å². The van der Waals surface area contributed by atoms with Crippen LogP contribution in [0.25, 0.3) is 0 Å². The summed E-state index contributed by atoms with van der Waals surface area (Å²) in [6.07, 6.45) is 1.16. The van der Waals surface area contributed by atoms with Gasteiger partial charge in [0, 0.05) is 10.3 Å². The molecule has 0 N–H and O–H groups in total. The lowest BCUT2D eigenvalue weighted by Crippen LogP contribution is -1.91.